The van der Waals surface area contributed by atoms with Gasteiger partial charge in [0.05, 0.1) is 0 Å². The summed E-state index contributed by atoms with van der Waals surface area (Å²) in [6.45, 7) is 0. The molecule has 0 aromatic heterocycles. The van der Waals surface area contributed by atoms with Crippen LogP contribution < -0.4 is 21.2 Å². The van der Waals surface area contributed by atoms with Crippen molar-refractivity contribution >= 4 is 0 Å². The molecule has 0 saturated carbocycles. The van der Waals surface area contributed by atoms with Gasteiger partial charge in [0.15, 0.2) is 0 Å². The number of rotatable bonds is 1. The maximum absolute atomic E-state index is 2.39. The van der Waals surface area contributed by atoms with Crippen LogP contribution in [0.5, 0.6) is 0 Å². The van der Waals surface area contributed by atoms with Crippen molar-refractivity contribution in [3.05, 3.63) is 70.8 Å². The topological polar surface area (TPSA) is 0 Å². The molecule has 0 saturated heterocycles. The SMILES string of the molecule is C[I-]C1c2ccccc2Cc2ccccc21. The van der Waals surface area contributed by atoms with Crippen molar-refractivity contribution in [3.63, 3.8) is 0 Å². The van der Waals surface area contributed by atoms with E-state index in [2.05, 4.69) is 53.5 Å². The van der Waals surface area contributed by atoms with E-state index < -0.39 is 0 Å². The Labute approximate surface area is 107 Å². The summed E-state index contributed by atoms with van der Waals surface area (Å²) in [6, 6.07) is 17.9. The van der Waals surface area contributed by atoms with Crippen molar-refractivity contribution in [2.45, 2.75) is 10.3 Å². The molecule has 0 nitrogen and oxygen atoms in total. The van der Waals surface area contributed by atoms with Crippen LogP contribution in [0.1, 0.15) is 26.2 Å². The first kappa shape index (κ1) is 10.3. The van der Waals surface area contributed by atoms with E-state index >= 15 is 0 Å². The summed E-state index contributed by atoms with van der Waals surface area (Å²) < 4.78 is 0.708. The molecule has 2 aromatic rings. The third-order valence-corrected chi connectivity index (χ3v) is 5.84. The van der Waals surface area contributed by atoms with Crippen molar-refractivity contribution in [2.75, 3.05) is 4.93 Å². The second-order valence-corrected chi connectivity index (χ2v) is 6.65. The Kier molecular flexibility index (Phi) is 2.72. The van der Waals surface area contributed by atoms with E-state index in [1.54, 1.807) is 11.1 Å². The zero-order valence-corrected chi connectivity index (χ0v) is 11.4. The van der Waals surface area contributed by atoms with Gasteiger partial charge in [0.1, 0.15) is 0 Å². The maximum atomic E-state index is 2.39. The molecule has 0 atom stereocenters. The van der Waals surface area contributed by atoms with Gasteiger partial charge in [-0.15, -0.1) is 0 Å². The number of fused-ring (bicyclic) bond motifs is 2. The van der Waals surface area contributed by atoms with Gasteiger partial charge in [-0.05, 0) is 0 Å². The van der Waals surface area contributed by atoms with E-state index in [-0.39, 0.29) is 21.2 Å². The average molecular weight is 321 g/mol. The molecule has 0 unspecified atom stereocenters. The minimum absolute atomic E-state index is 0.208. The van der Waals surface area contributed by atoms with E-state index in [1.165, 1.54) is 11.1 Å². The molecule has 2 aromatic carbocycles. The second-order valence-electron chi connectivity index (χ2n) is 4.16. The number of hydrogen-bond donors (Lipinski definition) is 0. The molecule has 0 aliphatic heterocycles. The number of benzene rings is 2. The van der Waals surface area contributed by atoms with E-state index in [0.29, 0.717) is 3.92 Å². The van der Waals surface area contributed by atoms with Crippen molar-refractivity contribution in [1.29, 1.82) is 0 Å². The monoisotopic (exact) mass is 321 g/mol. The molecule has 0 heterocycles. The molecular formula is C15H14I-. The van der Waals surface area contributed by atoms with Crippen LogP contribution in [0.3, 0.4) is 0 Å². The Balaban J connectivity index is 2.19. The van der Waals surface area contributed by atoms with E-state index in [0.717, 1.165) is 6.42 Å². The van der Waals surface area contributed by atoms with Gasteiger partial charge in [-0.2, -0.15) is 0 Å². The van der Waals surface area contributed by atoms with E-state index in [1.807, 2.05) is 0 Å². The first-order valence-corrected chi connectivity index (χ1v) is 8.94. The van der Waals surface area contributed by atoms with Gasteiger partial charge in [-0.1, -0.05) is 0 Å². The molecule has 1 aliphatic carbocycles. The molecule has 1 heteroatoms. The Morgan fingerprint density at radius 3 is 1.88 bits per heavy atom. The molecule has 0 bridgehead atoms. The van der Waals surface area contributed by atoms with Crippen molar-refractivity contribution < 1.29 is 21.2 Å². The number of halogens is 1. The Bertz CT molecular complexity index is 471. The van der Waals surface area contributed by atoms with Gasteiger partial charge in [-0.25, -0.2) is 0 Å². The molecule has 0 amide bonds. The quantitative estimate of drug-likeness (QED) is 0.527. The summed E-state index contributed by atoms with van der Waals surface area (Å²) in [5.41, 5.74) is 6.23. The van der Waals surface area contributed by atoms with Gasteiger partial charge >= 0.3 is 107 Å². The summed E-state index contributed by atoms with van der Waals surface area (Å²) in [5, 5.41) is 0. The van der Waals surface area contributed by atoms with Crippen LogP contribution >= 0.6 is 0 Å². The van der Waals surface area contributed by atoms with Gasteiger partial charge in [-0.3, -0.25) is 0 Å². The second kappa shape index (κ2) is 4.21. The fourth-order valence-electron chi connectivity index (χ4n) is 2.49. The molecule has 16 heavy (non-hydrogen) atoms. The van der Waals surface area contributed by atoms with Crippen LogP contribution in [0.2, 0.25) is 0 Å². The fraction of sp³-hybridized carbons (Fsp3) is 0.200. The number of alkyl halides is 2. The summed E-state index contributed by atoms with van der Waals surface area (Å²) in [4.78, 5) is 2.39. The third-order valence-electron chi connectivity index (χ3n) is 3.26. The summed E-state index contributed by atoms with van der Waals surface area (Å²) in [6.07, 6.45) is 1.12. The summed E-state index contributed by atoms with van der Waals surface area (Å²) in [5.74, 6) is 0. The Morgan fingerprint density at radius 2 is 1.38 bits per heavy atom. The molecule has 82 valence electrons. The average Bonchev–Trinajstić information content (AvgIpc) is 2.36. The molecule has 0 fully saturated rings. The zero-order valence-electron chi connectivity index (χ0n) is 9.28. The fourth-order valence-corrected chi connectivity index (χ4v) is 5.05. The van der Waals surface area contributed by atoms with Gasteiger partial charge in [0, 0.05) is 0 Å². The Hall–Kier alpha value is -0.830. The molecule has 0 radical (unpaired) electrons. The van der Waals surface area contributed by atoms with Gasteiger partial charge in [0.25, 0.3) is 0 Å². The molecule has 1 aliphatic rings. The van der Waals surface area contributed by atoms with Gasteiger partial charge in [0.2, 0.25) is 0 Å². The first-order valence-electron chi connectivity index (χ1n) is 5.54. The minimum atomic E-state index is 0.208. The predicted molar refractivity (Wildman–Crippen MR) is 63.5 cm³/mol. The van der Waals surface area contributed by atoms with Crippen LogP contribution in [-0.4, -0.2) is 4.93 Å². The zero-order chi connectivity index (χ0) is 11.0. The van der Waals surface area contributed by atoms with Crippen LogP contribution in [0.25, 0.3) is 0 Å². The Morgan fingerprint density at radius 1 is 0.875 bits per heavy atom. The molecular weight excluding hydrogens is 307 g/mol. The van der Waals surface area contributed by atoms with Crippen LogP contribution in [-0.2, 0) is 6.42 Å². The molecule has 3 rings (SSSR count). The standard InChI is InChI=1S/C15H14I/c1-16-15-13-8-4-2-6-11(13)10-12-7-3-5-9-14(12)15/h2-9,15H,10H2,1H3/q-1. The van der Waals surface area contributed by atoms with E-state index in [9.17, 15) is 0 Å². The summed E-state index contributed by atoms with van der Waals surface area (Å²) in [7, 11) is 0. The summed E-state index contributed by atoms with van der Waals surface area (Å²) >= 11 is 0.208. The predicted octanol–water partition coefficient (Wildman–Crippen LogP) is 0.399. The van der Waals surface area contributed by atoms with Gasteiger partial charge < -0.3 is 0 Å². The normalized spacial score (nSPS) is 14.6. The molecule has 0 N–H and O–H groups in total. The van der Waals surface area contributed by atoms with Crippen molar-refractivity contribution in [3.8, 4) is 0 Å². The third kappa shape index (κ3) is 1.58. The van der Waals surface area contributed by atoms with Crippen molar-refractivity contribution in [2.24, 2.45) is 0 Å². The van der Waals surface area contributed by atoms with Crippen molar-refractivity contribution in [1.82, 2.24) is 0 Å². The number of hydrogen-bond acceptors (Lipinski definition) is 0. The van der Waals surface area contributed by atoms with E-state index in [4.69, 9.17) is 0 Å². The van der Waals surface area contributed by atoms with Crippen LogP contribution in [0.4, 0.5) is 0 Å². The molecule has 0 spiro atoms. The van der Waals surface area contributed by atoms with Crippen LogP contribution in [0, 0.1) is 0 Å². The first-order chi connectivity index (χ1) is 7.90. The van der Waals surface area contributed by atoms with Crippen LogP contribution in [0.15, 0.2) is 48.5 Å².